The van der Waals surface area contributed by atoms with Gasteiger partial charge in [0.05, 0.1) is 22.2 Å². The summed E-state index contributed by atoms with van der Waals surface area (Å²) < 4.78 is 1.92. The van der Waals surface area contributed by atoms with Gasteiger partial charge in [0, 0.05) is 23.7 Å². The molecule has 0 bridgehead atoms. The molecule has 0 radical (unpaired) electrons. The summed E-state index contributed by atoms with van der Waals surface area (Å²) in [7, 11) is 0. The fraction of sp³-hybridized carbons (Fsp3) is 0.211. The number of rotatable bonds is 3. The maximum atomic E-state index is 11.2. The predicted octanol–water partition coefficient (Wildman–Crippen LogP) is 3.69. The van der Waals surface area contributed by atoms with E-state index in [1.807, 2.05) is 34.9 Å². The first kappa shape index (κ1) is 16.1. The molecule has 1 aromatic carbocycles. The number of nitrogens with two attached hydrogens (primary N) is 1. The number of H-pyrrole nitrogens is 1. The van der Waals surface area contributed by atoms with Gasteiger partial charge in [0.2, 0.25) is 0 Å². The summed E-state index contributed by atoms with van der Waals surface area (Å²) >= 11 is 6.29. The third kappa shape index (κ3) is 2.39. The van der Waals surface area contributed by atoms with Crippen LogP contribution in [0.2, 0.25) is 5.02 Å². The van der Waals surface area contributed by atoms with Gasteiger partial charge in [0.15, 0.2) is 0 Å². The summed E-state index contributed by atoms with van der Waals surface area (Å²) in [5, 5.41) is 10.8. The number of nitrogens with one attached hydrogen (secondary N) is 1. The van der Waals surface area contributed by atoms with Crippen molar-refractivity contribution in [2.24, 2.45) is 5.92 Å². The van der Waals surface area contributed by atoms with E-state index in [9.17, 15) is 9.90 Å². The monoisotopic (exact) mass is 381 g/mol. The Kier molecular flexibility index (Phi) is 3.42. The Morgan fingerprint density at radius 3 is 2.93 bits per heavy atom. The Morgan fingerprint density at radius 1 is 1.37 bits per heavy atom. The van der Waals surface area contributed by atoms with Crippen molar-refractivity contribution >= 4 is 39.8 Å². The summed E-state index contributed by atoms with van der Waals surface area (Å²) in [5.41, 5.74) is 9.22. The number of imidazole rings is 1. The van der Waals surface area contributed by atoms with E-state index in [0.29, 0.717) is 34.9 Å². The second-order valence-electron chi connectivity index (χ2n) is 6.94. The normalized spacial score (nSPS) is 19.4. The lowest BCUT2D eigenvalue weighted by molar-refractivity contribution is -0.145. The zero-order chi connectivity index (χ0) is 18.7. The number of benzene rings is 1. The first-order valence-corrected chi connectivity index (χ1v) is 9.03. The Balaban J connectivity index is 1.68. The number of para-hydroxylation sites is 1. The summed E-state index contributed by atoms with van der Waals surface area (Å²) in [6, 6.07) is 7.69. The van der Waals surface area contributed by atoms with Gasteiger partial charge in [-0.25, -0.2) is 9.97 Å². The van der Waals surface area contributed by atoms with Gasteiger partial charge in [-0.05, 0) is 25.0 Å². The largest absolute Gasteiger partial charge is 0.481 e. The van der Waals surface area contributed by atoms with Gasteiger partial charge < -0.3 is 15.8 Å². The molecule has 3 heterocycles. The van der Waals surface area contributed by atoms with E-state index in [1.54, 1.807) is 6.20 Å². The highest BCUT2D eigenvalue weighted by Gasteiger charge is 2.38. The molecule has 0 saturated heterocycles. The average molecular weight is 382 g/mol. The summed E-state index contributed by atoms with van der Waals surface area (Å²) in [6.07, 6.45) is 4.61. The van der Waals surface area contributed by atoms with Gasteiger partial charge in [-0.1, -0.05) is 23.7 Å². The zero-order valence-corrected chi connectivity index (χ0v) is 14.9. The highest BCUT2D eigenvalue weighted by Crippen LogP contribution is 2.43. The van der Waals surface area contributed by atoms with Crippen LogP contribution in [0.3, 0.4) is 0 Å². The minimum absolute atomic E-state index is 0.0853. The molecule has 0 unspecified atom stereocenters. The van der Waals surface area contributed by atoms with Gasteiger partial charge in [-0.2, -0.15) is 0 Å². The molecule has 0 amide bonds. The first-order valence-electron chi connectivity index (χ1n) is 8.65. The number of hydrogen-bond donors (Lipinski definition) is 3. The van der Waals surface area contributed by atoms with E-state index in [0.717, 1.165) is 22.4 Å². The van der Waals surface area contributed by atoms with Crippen molar-refractivity contribution in [3.05, 3.63) is 47.5 Å². The molecule has 27 heavy (non-hydrogen) atoms. The number of aromatic nitrogens is 4. The minimum Gasteiger partial charge on any atom is -0.481 e. The molecule has 4 N–H and O–H groups in total. The molecule has 0 atom stereocenters. The van der Waals surface area contributed by atoms with E-state index in [-0.39, 0.29) is 11.8 Å². The predicted molar refractivity (Wildman–Crippen MR) is 103 cm³/mol. The topological polar surface area (TPSA) is 109 Å². The number of nitrogens with zero attached hydrogens (tertiary/aromatic N) is 3. The third-order valence-corrected chi connectivity index (χ3v) is 5.64. The van der Waals surface area contributed by atoms with Crippen molar-refractivity contribution < 1.29 is 9.90 Å². The van der Waals surface area contributed by atoms with Crippen molar-refractivity contribution in [2.75, 3.05) is 5.73 Å². The Morgan fingerprint density at radius 2 is 2.19 bits per heavy atom. The standard InChI is InChI=1S/C19H16ClN5O2/c20-12-3-1-2-9-8-13(23-14(9)12)15-16-17(21)22-4-5-25(16)18(24-15)10-6-11(7-10)19(26)27/h1-5,8,10-11,23H,6-7H2,(H2,21,22)(H,26,27). The van der Waals surface area contributed by atoms with Crippen LogP contribution in [0, 0.1) is 5.92 Å². The van der Waals surface area contributed by atoms with Crippen molar-refractivity contribution in [3.63, 3.8) is 0 Å². The SMILES string of the molecule is Nc1nccn2c(C3CC(C(=O)O)C3)nc(-c3cc4cccc(Cl)c4[nH]3)c12. The molecule has 5 rings (SSSR count). The number of nitrogen functional groups attached to an aromatic ring is 1. The van der Waals surface area contributed by atoms with Crippen LogP contribution < -0.4 is 5.73 Å². The fourth-order valence-electron chi connectivity index (χ4n) is 3.84. The molecule has 1 fully saturated rings. The van der Waals surface area contributed by atoms with Crippen molar-refractivity contribution in [1.29, 1.82) is 0 Å². The van der Waals surface area contributed by atoms with Crippen molar-refractivity contribution in [2.45, 2.75) is 18.8 Å². The minimum atomic E-state index is -0.751. The molecule has 3 aromatic heterocycles. The molecule has 8 heteroatoms. The molecule has 7 nitrogen and oxygen atoms in total. The first-order chi connectivity index (χ1) is 13.0. The summed E-state index contributed by atoms with van der Waals surface area (Å²) in [5.74, 6) is 0.222. The molecule has 0 aliphatic heterocycles. The lowest BCUT2D eigenvalue weighted by Crippen LogP contribution is -2.29. The van der Waals surface area contributed by atoms with Crippen LogP contribution in [0.1, 0.15) is 24.6 Å². The van der Waals surface area contributed by atoms with Gasteiger partial charge in [-0.15, -0.1) is 0 Å². The second-order valence-corrected chi connectivity index (χ2v) is 7.35. The highest BCUT2D eigenvalue weighted by molar-refractivity contribution is 6.35. The Hall–Kier alpha value is -3.06. The number of carbonyl (C=O) groups is 1. The molecule has 1 aliphatic rings. The fourth-order valence-corrected chi connectivity index (χ4v) is 4.07. The second kappa shape index (κ2) is 5.72. The number of carboxylic acids is 1. The quantitative estimate of drug-likeness (QED) is 0.501. The number of carboxylic acid groups (broad SMARTS) is 1. The van der Waals surface area contributed by atoms with Crippen LogP contribution in [0.15, 0.2) is 36.7 Å². The maximum absolute atomic E-state index is 11.2. The van der Waals surface area contributed by atoms with Crippen molar-refractivity contribution in [1.82, 2.24) is 19.4 Å². The number of fused-ring (bicyclic) bond motifs is 2. The number of aromatic amines is 1. The van der Waals surface area contributed by atoms with Crippen LogP contribution >= 0.6 is 11.6 Å². The molecule has 1 aliphatic carbocycles. The van der Waals surface area contributed by atoms with E-state index in [4.69, 9.17) is 22.3 Å². The lowest BCUT2D eigenvalue weighted by Gasteiger charge is -2.31. The maximum Gasteiger partial charge on any atom is 0.306 e. The highest BCUT2D eigenvalue weighted by atomic mass is 35.5. The molecule has 4 aromatic rings. The van der Waals surface area contributed by atoms with Gasteiger partial charge in [0.25, 0.3) is 0 Å². The Bertz CT molecular complexity index is 1210. The summed E-state index contributed by atoms with van der Waals surface area (Å²) in [4.78, 5) is 23.5. The van der Waals surface area contributed by atoms with Gasteiger partial charge in [-0.3, -0.25) is 9.20 Å². The van der Waals surface area contributed by atoms with E-state index >= 15 is 0 Å². The molecule has 136 valence electrons. The molecule has 1 saturated carbocycles. The van der Waals surface area contributed by atoms with Crippen LogP contribution in [0.25, 0.3) is 27.8 Å². The van der Waals surface area contributed by atoms with Crippen LogP contribution in [0.4, 0.5) is 5.82 Å². The number of hydrogen-bond acceptors (Lipinski definition) is 4. The number of halogens is 1. The average Bonchev–Trinajstić information content (AvgIpc) is 3.17. The van der Waals surface area contributed by atoms with Gasteiger partial charge >= 0.3 is 5.97 Å². The number of aliphatic carboxylic acids is 1. The van der Waals surface area contributed by atoms with E-state index in [1.165, 1.54) is 0 Å². The van der Waals surface area contributed by atoms with E-state index < -0.39 is 5.97 Å². The number of anilines is 1. The molecular weight excluding hydrogens is 366 g/mol. The Labute approximate surface area is 158 Å². The molecular formula is C19H16ClN5O2. The van der Waals surface area contributed by atoms with Crippen LogP contribution in [-0.4, -0.2) is 30.4 Å². The van der Waals surface area contributed by atoms with Gasteiger partial charge in [0.1, 0.15) is 22.9 Å². The third-order valence-electron chi connectivity index (χ3n) is 5.32. The molecule has 0 spiro atoms. The van der Waals surface area contributed by atoms with Crippen molar-refractivity contribution in [3.8, 4) is 11.4 Å². The zero-order valence-electron chi connectivity index (χ0n) is 14.2. The van der Waals surface area contributed by atoms with Crippen LogP contribution in [0.5, 0.6) is 0 Å². The summed E-state index contributed by atoms with van der Waals surface area (Å²) in [6.45, 7) is 0. The lowest BCUT2D eigenvalue weighted by atomic mass is 9.74. The van der Waals surface area contributed by atoms with Crippen LogP contribution in [-0.2, 0) is 4.79 Å². The van der Waals surface area contributed by atoms with E-state index in [2.05, 4.69) is 9.97 Å². The smallest absolute Gasteiger partial charge is 0.306 e.